The van der Waals surface area contributed by atoms with Crippen molar-refractivity contribution in [3.8, 4) is 5.88 Å². The first-order valence-corrected chi connectivity index (χ1v) is 10.5. The van der Waals surface area contributed by atoms with Crippen LogP contribution in [0.2, 0.25) is 0 Å². The summed E-state index contributed by atoms with van der Waals surface area (Å²) in [6.45, 7) is 4.24. The predicted molar refractivity (Wildman–Crippen MR) is 107 cm³/mol. The van der Waals surface area contributed by atoms with Gasteiger partial charge < -0.3 is 15.8 Å². The van der Waals surface area contributed by atoms with Gasteiger partial charge in [-0.3, -0.25) is 14.5 Å². The Morgan fingerprint density at radius 3 is 2.72 bits per heavy atom. The van der Waals surface area contributed by atoms with E-state index in [1.54, 1.807) is 18.3 Å². The highest BCUT2D eigenvalue weighted by Gasteiger charge is 2.43. The number of amides is 4. The SMILES string of the molecule is CCCC(C)CC1NC(=O)N(C2CCC(Oc3ncccc3C(N)=O)CC2)C1=O. The van der Waals surface area contributed by atoms with Gasteiger partial charge in [-0.1, -0.05) is 26.7 Å². The van der Waals surface area contributed by atoms with E-state index in [9.17, 15) is 14.4 Å². The molecule has 29 heavy (non-hydrogen) atoms. The van der Waals surface area contributed by atoms with Crippen molar-refractivity contribution in [1.29, 1.82) is 0 Å². The first-order chi connectivity index (χ1) is 13.9. The quantitative estimate of drug-likeness (QED) is 0.649. The molecule has 4 amide bonds. The number of pyridine rings is 1. The number of aromatic nitrogens is 1. The number of imide groups is 1. The van der Waals surface area contributed by atoms with Gasteiger partial charge in [-0.2, -0.15) is 0 Å². The van der Waals surface area contributed by atoms with Crippen LogP contribution >= 0.6 is 0 Å². The molecular formula is C21H30N4O4. The van der Waals surface area contributed by atoms with Crippen LogP contribution in [0, 0.1) is 5.92 Å². The Morgan fingerprint density at radius 2 is 2.07 bits per heavy atom. The molecular weight excluding hydrogens is 372 g/mol. The van der Waals surface area contributed by atoms with Crippen molar-refractivity contribution in [3.05, 3.63) is 23.9 Å². The average Bonchev–Trinajstić information content (AvgIpc) is 2.96. The minimum absolute atomic E-state index is 0.108. The lowest BCUT2D eigenvalue weighted by molar-refractivity contribution is -0.130. The number of carbonyl (C=O) groups is 3. The van der Waals surface area contributed by atoms with Crippen LogP contribution in [0.1, 0.15) is 69.2 Å². The van der Waals surface area contributed by atoms with Crippen LogP contribution in [0.5, 0.6) is 5.88 Å². The van der Waals surface area contributed by atoms with E-state index in [4.69, 9.17) is 10.5 Å². The molecule has 0 radical (unpaired) electrons. The summed E-state index contributed by atoms with van der Waals surface area (Å²) in [4.78, 5) is 42.3. The van der Waals surface area contributed by atoms with Crippen LogP contribution in [0.4, 0.5) is 4.79 Å². The normalized spacial score (nSPS) is 25.6. The summed E-state index contributed by atoms with van der Waals surface area (Å²) < 4.78 is 5.90. The summed E-state index contributed by atoms with van der Waals surface area (Å²) in [6.07, 6.45) is 6.91. The van der Waals surface area contributed by atoms with Gasteiger partial charge in [0.2, 0.25) is 5.88 Å². The van der Waals surface area contributed by atoms with Crippen LogP contribution in [0.25, 0.3) is 0 Å². The largest absolute Gasteiger partial charge is 0.474 e. The fraction of sp³-hybridized carbons (Fsp3) is 0.619. The number of carbonyl (C=O) groups excluding carboxylic acids is 3. The number of nitrogens with one attached hydrogen (secondary N) is 1. The second kappa shape index (κ2) is 9.24. The molecule has 8 heteroatoms. The highest BCUT2D eigenvalue weighted by atomic mass is 16.5. The van der Waals surface area contributed by atoms with Crippen LogP contribution in [0.15, 0.2) is 18.3 Å². The monoisotopic (exact) mass is 402 g/mol. The van der Waals surface area contributed by atoms with Crippen molar-refractivity contribution in [2.45, 2.75) is 77.0 Å². The number of nitrogens with two attached hydrogens (primary N) is 1. The lowest BCUT2D eigenvalue weighted by Crippen LogP contribution is -2.44. The van der Waals surface area contributed by atoms with E-state index in [1.807, 2.05) is 0 Å². The highest BCUT2D eigenvalue weighted by molar-refractivity contribution is 6.04. The molecule has 158 valence electrons. The maximum absolute atomic E-state index is 12.8. The molecule has 0 bridgehead atoms. The van der Waals surface area contributed by atoms with Crippen molar-refractivity contribution in [2.75, 3.05) is 0 Å². The maximum atomic E-state index is 12.8. The summed E-state index contributed by atoms with van der Waals surface area (Å²) in [7, 11) is 0. The predicted octanol–water partition coefficient (Wildman–Crippen LogP) is 2.62. The van der Waals surface area contributed by atoms with Crippen molar-refractivity contribution >= 4 is 17.8 Å². The molecule has 1 aromatic heterocycles. The van der Waals surface area contributed by atoms with Gasteiger partial charge in [-0.15, -0.1) is 0 Å². The number of rotatable bonds is 8. The molecule has 0 spiro atoms. The molecule has 2 atom stereocenters. The lowest BCUT2D eigenvalue weighted by atomic mass is 9.91. The van der Waals surface area contributed by atoms with Gasteiger partial charge in [0.15, 0.2) is 0 Å². The van der Waals surface area contributed by atoms with Crippen LogP contribution < -0.4 is 15.8 Å². The Balaban J connectivity index is 1.56. The van der Waals surface area contributed by atoms with E-state index < -0.39 is 11.9 Å². The van der Waals surface area contributed by atoms with E-state index >= 15 is 0 Å². The van der Waals surface area contributed by atoms with Crippen molar-refractivity contribution < 1.29 is 19.1 Å². The number of hydrogen-bond acceptors (Lipinski definition) is 5. The third-order valence-corrected chi connectivity index (χ3v) is 5.80. The summed E-state index contributed by atoms with van der Waals surface area (Å²) in [5, 5.41) is 2.86. The summed E-state index contributed by atoms with van der Waals surface area (Å²) in [5.74, 6) is -0.0490. The zero-order valence-electron chi connectivity index (χ0n) is 17.1. The Hall–Kier alpha value is -2.64. The third-order valence-electron chi connectivity index (χ3n) is 5.80. The number of primary amides is 1. The van der Waals surface area contributed by atoms with Gasteiger partial charge >= 0.3 is 6.03 Å². The third kappa shape index (κ3) is 4.86. The fourth-order valence-electron chi connectivity index (χ4n) is 4.32. The van der Waals surface area contributed by atoms with Crippen LogP contribution in [-0.2, 0) is 4.79 Å². The summed E-state index contributed by atoms with van der Waals surface area (Å²) in [5.41, 5.74) is 5.63. The van der Waals surface area contributed by atoms with Gasteiger partial charge in [0.25, 0.3) is 11.8 Å². The minimum Gasteiger partial charge on any atom is -0.474 e. The number of ether oxygens (including phenoxy) is 1. The minimum atomic E-state index is -0.579. The molecule has 2 heterocycles. The molecule has 3 rings (SSSR count). The summed E-state index contributed by atoms with van der Waals surface area (Å²) >= 11 is 0. The fourth-order valence-corrected chi connectivity index (χ4v) is 4.32. The number of hydrogen-bond donors (Lipinski definition) is 2. The molecule has 2 unspecified atom stereocenters. The van der Waals surface area contributed by atoms with Crippen molar-refractivity contribution in [1.82, 2.24) is 15.2 Å². The Labute approximate surface area is 171 Å². The van der Waals surface area contributed by atoms with Crippen LogP contribution in [0.3, 0.4) is 0 Å². The molecule has 2 aliphatic rings. The topological polar surface area (TPSA) is 115 Å². The molecule has 8 nitrogen and oxygen atoms in total. The molecule has 2 fully saturated rings. The van der Waals surface area contributed by atoms with Gasteiger partial charge in [0.05, 0.1) is 0 Å². The molecule has 0 aromatic carbocycles. The van der Waals surface area contributed by atoms with Crippen molar-refractivity contribution in [3.63, 3.8) is 0 Å². The number of urea groups is 1. The van der Waals surface area contributed by atoms with E-state index in [-0.39, 0.29) is 35.5 Å². The zero-order valence-corrected chi connectivity index (χ0v) is 17.1. The first kappa shape index (κ1) is 21.1. The Bertz CT molecular complexity index is 761. The summed E-state index contributed by atoms with van der Waals surface area (Å²) in [6, 6.07) is 2.41. The molecule has 1 saturated carbocycles. The zero-order chi connectivity index (χ0) is 21.0. The Morgan fingerprint density at radius 1 is 1.34 bits per heavy atom. The second-order valence-corrected chi connectivity index (χ2v) is 8.11. The van der Waals surface area contributed by atoms with Gasteiger partial charge in [-0.05, 0) is 50.2 Å². The van der Waals surface area contributed by atoms with E-state index in [1.165, 1.54) is 4.90 Å². The van der Waals surface area contributed by atoms with Gasteiger partial charge in [0, 0.05) is 12.2 Å². The molecule has 1 aliphatic heterocycles. The lowest BCUT2D eigenvalue weighted by Gasteiger charge is -2.33. The molecule has 1 aliphatic carbocycles. The Kier molecular flexibility index (Phi) is 6.71. The maximum Gasteiger partial charge on any atom is 0.325 e. The van der Waals surface area contributed by atoms with E-state index in [2.05, 4.69) is 24.1 Å². The second-order valence-electron chi connectivity index (χ2n) is 8.11. The molecule has 3 N–H and O–H groups in total. The number of nitrogens with zero attached hydrogens (tertiary/aromatic N) is 2. The van der Waals surface area contributed by atoms with Crippen molar-refractivity contribution in [2.24, 2.45) is 11.7 Å². The first-order valence-electron chi connectivity index (χ1n) is 10.5. The van der Waals surface area contributed by atoms with Gasteiger partial charge in [0.1, 0.15) is 17.7 Å². The standard InChI is InChI=1S/C21H30N4O4/c1-3-5-13(2)12-17-20(27)25(21(28)24-17)14-7-9-15(10-8-14)29-19-16(18(22)26)6-4-11-23-19/h4,6,11,13-15,17H,3,5,7-10,12H2,1-2H3,(H2,22,26)(H,24,28). The van der Waals surface area contributed by atoms with E-state index in [0.717, 1.165) is 12.8 Å². The average molecular weight is 402 g/mol. The smallest absolute Gasteiger partial charge is 0.325 e. The molecule has 1 aromatic rings. The van der Waals surface area contributed by atoms with Gasteiger partial charge in [-0.25, -0.2) is 9.78 Å². The highest BCUT2D eigenvalue weighted by Crippen LogP contribution is 2.30. The van der Waals surface area contributed by atoms with E-state index in [0.29, 0.717) is 38.0 Å². The molecule has 1 saturated heterocycles. The van der Waals surface area contributed by atoms with Crippen LogP contribution in [-0.4, -0.2) is 45.9 Å².